The van der Waals surface area contributed by atoms with E-state index in [0.29, 0.717) is 12.5 Å². The molecule has 2 aromatic heterocycles. The first-order valence-corrected chi connectivity index (χ1v) is 10.1. The molecule has 5 nitrogen and oxygen atoms in total. The Bertz CT molecular complexity index is 1050. The van der Waals surface area contributed by atoms with Gasteiger partial charge in [-0.3, -0.25) is 4.79 Å². The Labute approximate surface area is 169 Å². The SMILES string of the molecule is Cc1cc(/C=C(/C#N)C(=O)NCc2nc3ccccc3s2)c(C)n1CC(C)C. The van der Waals surface area contributed by atoms with Crippen LogP contribution in [-0.4, -0.2) is 15.5 Å². The summed E-state index contributed by atoms with van der Waals surface area (Å²) in [4.78, 5) is 17.0. The van der Waals surface area contributed by atoms with E-state index in [9.17, 15) is 10.1 Å². The van der Waals surface area contributed by atoms with Gasteiger partial charge in [-0.15, -0.1) is 11.3 Å². The van der Waals surface area contributed by atoms with Crippen LogP contribution in [0.25, 0.3) is 16.3 Å². The molecule has 3 aromatic rings. The van der Waals surface area contributed by atoms with Crippen LogP contribution in [0.3, 0.4) is 0 Å². The summed E-state index contributed by atoms with van der Waals surface area (Å²) < 4.78 is 3.31. The summed E-state index contributed by atoms with van der Waals surface area (Å²) in [6.07, 6.45) is 1.67. The molecule has 6 heteroatoms. The molecule has 0 bridgehead atoms. The molecule has 0 saturated carbocycles. The number of benzene rings is 1. The summed E-state index contributed by atoms with van der Waals surface area (Å²) in [5, 5.41) is 13.1. The Balaban J connectivity index is 1.75. The summed E-state index contributed by atoms with van der Waals surface area (Å²) in [6.45, 7) is 9.64. The number of rotatable bonds is 6. The van der Waals surface area contributed by atoms with Crippen molar-refractivity contribution >= 4 is 33.5 Å². The van der Waals surface area contributed by atoms with Gasteiger partial charge in [0.2, 0.25) is 0 Å². The van der Waals surface area contributed by atoms with Crippen LogP contribution < -0.4 is 5.32 Å². The number of thiazole rings is 1. The van der Waals surface area contributed by atoms with Gasteiger partial charge in [0.05, 0.1) is 16.8 Å². The van der Waals surface area contributed by atoms with Gasteiger partial charge in [0, 0.05) is 17.9 Å². The van der Waals surface area contributed by atoms with E-state index in [2.05, 4.69) is 28.7 Å². The van der Waals surface area contributed by atoms with Crippen LogP contribution in [0.1, 0.15) is 35.8 Å². The quantitative estimate of drug-likeness (QED) is 0.492. The standard InChI is InChI=1S/C22H24N4OS/c1-14(2)13-26-15(3)9-17(16(26)4)10-18(11-23)22(27)24-12-21-25-19-7-5-6-8-20(19)28-21/h5-10,14H,12-13H2,1-4H3,(H,24,27)/b18-10-. The lowest BCUT2D eigenvalue weighted by Crippen LogP contribution is -2.23. The van der Waals surface area contributed by atoms with Gasteiger partial charge in [0.15, 0.2) is 0 Å². The third-order valence-corrected chi connectivity index (χ3v) is 5.60. The van der Waals surface area contributed by atoms with Crippen molar-refractivity contribution in [2.45, 2.75) is 40.8 Å². The number of nitrogens with zero attached hydrogens (tertiary/aromatic N) is 3. The Morgan fingerprint density at radius 1 is 1.36 bits per heavy atom. The Kier molecular flexibility index (Phi) is 5.96. The molecule has 0 fully saturated rings. The number of carbonyl (C=O) groups excluding carboxylic acids is 1. The molecule has 0 spiro atoms. The van der Waals surface area contributed by atoms with E-state index in [4.69, 9.17) is 0 Å². The van der Waals surface area contributed by atoms with Crippen molar-refractivity contribution in [1.82, 2.24) is 14.9 Å². The molecule has 1 aromatic carbocycles. The molecule has 0 saturated heterocycles. The Morgan fingerprint density at radius 2 is 2.11 bits per heavy atom. The predicted octanol–water partition coefficient (Wildman–Crippen LogP) is 4.59. The highest BCUT2D eigenvalue weighted by Crippen LogP contribution is 2.22. The van der Waals surface area contributed by atoms with Crippen LogP contribution in [0.15, 0.2) is 35.9 Å². The zero-order valence-electron chi connectivity index (χ0n) is 16.6. The second-order valence-electron chi connectivity index (χ2n) is 7.26. The molecule has 28 heavy (non-hydrogen) atoms. The lowest BCUT2D eigenvalue weighted by Gasteiger charge is -2.12. The van der Waals surface area contributed by atoms with E-state index in [1.54, 1.807) is 17.4 Å². The van der Waals surface area contributed by atoms with E-state index in [1.807, 2.05) is 50.2 Å². The second-order valence-corrected chi connectivity index (χ2v) is 8.37. The lowest BCUT2D eigenvalue weighted by molar-refractivity contribution is -0.117. The van der Waals surface area contributed by atoms with E-state index < -0.39 is 0 Å². The van der Waals surface area contributed by atoms with Gasteiger partial charge in [-0.25, -0.2) is 4.98 Å². The molecule has 0 aliphatic carbocycles. The summed E-state index contributed by atoms with van der Waals surface area (Å²) in [7, 11) is 0. The molecule has 1 N–H and O–H groups in total. The van der Waals surface area contributed by atoms with Crippen molar-refractivity contribution in [3.63, 3.8) is 0 Å². The van der Waals surface area contributed by atoms with Gasteiger partial charge in [-0.1, -0.05) is 26.0 Å². The number of fused-ring (bicyclic) bond motifs is 1. The highest BCUT2D eigenvalue weighted by Gasteiger charge is 2.14. The molecule has 0 aliphatic rings. The number of hydrogen-bond donors (Lipinski definition) is 1. The van der Waals surface area contributed by atoms with Crippen molar-refractivity contribution in [2.24, 2.45) is 5.92 Å². The van der Waals surface area contributed by atoms with Gasteiger partial charge in [-0.2, -0.15) is 5.26 Å². The van der Waals surface area contributed by atoms with Gasteiger partial charge >= 0.3 is 0 Å². The highest BCUT2D eigenvalue weighted by atomic mass is 32.1. The highest BCUT2D eigenvalue weighted by molar-refractivity contribution is 7.18. The first-order valence-electron chi connectivity index (χ1n) is 9.30. The van der Waals surface area contributed by atoms with Crippen LogP contribution in [0.2, 0.25) is 0 Å². The summed E-state index contributed by atoms with van der Waals surface area (Å²) in [6, 6.07) is 11.9. The van der Waals surface area contributed by atoms with E-state index in [-0.39, 0.29) is 11.5 Å². The van der Waals surface area contributed by atoms with Crippen LogP contribution in [0, 0.1) is 31.1 Å². The number of aromatic nitrogens is 2. The van der Waals surface area contributed by atoms with E-state index >= 15 is 0 Å². The fourth-order valence-electron chi connectivity index (χ4n) is 3.17. The first-order chi connectivity index (χ1) is 13.4. The average Bonchev–Trinajstić information content (AvgIpc) is 3.19. The summed E-state index contributed by atoms with van der Waals surface area (Å²) >= 11 is 1.54. The van der Waals surface area contributed by atoms with Crippen LogP contribution >= 0.6 is 11.3 Å². The summed E-state index contributed by atoms with van der Waals surface area (Å²) in [5.74, 6) is 0.143. The van der Waals surface area contributed by atoms with Crippen LogP contribution in [0.5, 0.6) is 0 Å². The molecule has 0 radical (unpaired) electrons. The minimum absolute atomic E-state index is 0.103. The van der Waals surface area contributed by atoms with E-state index in [0.717, 1.165) is 38.7 Å². The van der Waals surface area contributed by atoms with Gasteiger partial charge < -0.3 is 9.88 Å². The number of hydrogen-bond acceptors (Lipinski definition) is 4. The number of nitriles is 1. The fraction of sp³-hybridized carbons (Fsp3) is 0.318. The molecule has 3 rings (SSSR count). The number of nitrogens with one attached hydrogen (secondary N) is 1. The third-order valence-electron chi connectivity index (χ3n) is 4.56. The zero-order chi connectivity index (χ0) is 20.3. The molecule has 144 valence electrons. The third kappa shape index (κ3) is 4.32. The number of carbonyl (C=O) groups is 1. The molecular formula is C22H24N4OS. The smallest absolute Gasteiger partial charge is 0.262 e. The monoisotopic (exact) mass is 392 g/mol. The van der Waals surface area contributed by atoms with Crippen molar-refractivity contribution in [3.8, 4) is 6.07 Å². The molecule has 0 atom stereocenters. The molecule has 1 amide bonds. The Hall–Kier alpha value is -2.91. The van der Waals surface area contributed by atoms with E-state index in [1.165, 1.54) is 0 Å². The molecule has 0 aliphatic heterocycles. The first kappa shape index (κ1) is 19.8. The number of para-hydroxylation sites is 1. The zero-order valence-corrected chi connectivity index (χ0v) is 17.4. The van der Waals surface area contributed by atoms with Crippen LogP contribution in [0.4, 0.5) is 0 Å². The second kappa shape index (κ2) is 8.41. The number of amides is 1. The number of aryl methyl sites for hydroxylation is 1. The van der Waals surface area contributed by atoms with Crippen molar-refractivity contribution in [1.29, 1.82) is 5.26 Å². The average molecular weight is 393 g/mol. The van der Waals surface area contributed by atoms with Gasteiger partial charge in [0.1, 0.15) is 16.6 Å². The van der Waals surface area contributed by atoms with Crippen molar-refractivity contribution in [3.05, 3.63) is 57.9 Å². The maximum absolute atomic E-state index is 12.5. The lowest BCUT2D eigenvalue weighted by atomic mass is 10.1. The van der Waals surface area contributed by atoms with Gasteiger partial charge in [0.25, 0.3) is 5.91 Å². The van der Waals surface area contributed by atoms with Gasteiger partial charge in [-0.05, 0) is 49.6 Å². The van der Waals surface area contributed by atoms with Crippen molar-refractivity contribution < 1.29 is 4.79 Å². The maximum Gasteiger partial charge on any atom is 0.262 e. The largest absolute Gasteiger partial charge is 0.348 e. The normalized spacial score (nSPS) is 11.8. The maximum atomic E-state index is 12.5. The summed E-state index contributed by atoms with van der Waals surface area (Å²) in [5.41, 5.74) is 4.13. The fourth-order valence-corrected chi connectivity index (χ4v) is 4.08. The van der Waals surface area contributed by atoms with Crippen molar-refractivity contribution in [2.75, 3.05) is 0 Å². The molecule has 2 heterocycles. The Morgan fingerprint density at radius 3 is 2.79 bits per heavy atom. The minimum atomic E-state index is -0.379. The minimum Gasteiger partial charge on any atom is -0.348 e. The predicted molar refractivity (Wildman–Crippen MR) is 114 cm³/mol. The topological polar surface area (TPSA) is 70.7 Å². The molecule has 0 unspecified atom stereocenters. The molecular weight excluding hydrogens is 368 g/mol. The van der Waals surface area contributed by atoms with Crippen LogP contribution in [-0.2, 0) is 17.9 Å².